The molecule has 0 aliphatic heterocycles. The van der Waals surface area contributed by atoms with Gasteiger partial charge in [0.05, 0.1) is 0 Å². The van der Waals surface area contributed by atoms with Gasteiger partial charge < -0.3 is 5.40 Å². The van der Waals surface area contributed by atoms with E-state index in [0.29, 0.717) is 0 Å². The van der Waals surface area contributed by atoms with Crippen molar-refractivity contribution >= 4 is 14.9 Å². The maximum atomic E-state index is 5.49. The highest BCUT2D eigenvalue weighted by Crippen LogP contribution is 1.77. The van der Waals surface area contributed by atoms with Gasteiger partial charge in [0.1, 0.15) is 9.68 Å². The molecule has 2 N–H and O–H groups in total. The van der Waals surface area contributed by atoms with Gasteiger partial charge >= 0.3 is 0 Å². The highest BCUT2D eigenvalue weighted by Gasteiger charge is 1.81. The van der Waals surface area contributed by atoms with Gasteiger partial charge in [-0.2, -0.15) is 0 Å². The van der Waals surface area contributed by atoms with Crippen LogP contribution in [-0.4, -0.2) is 9.68 Å². The normalized spacial score (nSPS) is 10.6. The van der Waals surface area contributed by atoms with Crippen LogP contribution in [-0.2, 0) is 0 Å². The highest BCUT2D eigenvalue weighted by atomic mass is 28.2. The van der Waals surface area contributed by atoms with Crippen LogP contribution in [0.2, 0.25) is 0 Å². The largest absolute Gasteiger partial charge is 0.352 e. The predicted molar refractivity (Wildman–Crippen MR) is 38.8 cm³/mol. The third-order valence-corrected chi connectivity index (χ3v) is 2.02. The zero-order chi connectivity index (χ0) is 5.82. The molecule has 1 nitrogen and oxygen atoms in total. The molecule has 0 amide bonds. The van der Waals surface area contributed by atoms with E-state index in [4.69, 9.17) is 5.40 Å². The van der Waals surface area contributed by atoms with E-state index in [1.807, 2.05) is 18.2 Å². The van der Waals surface area contributed by atoms with Crippen LogP contribution in [0.3, 0.4) is 0 Å². The molecule has 1 aromatic carbocycles. The van der Waals surface area contributed by atoms with Crippen LogP contribution in [0.4, 0.5) is 0 Å². The third kappa shape index (κ3) is 1.18. The number of benzene rings is 1. The first-order valence-corrected chi connectivity index (χ1v) is 4.20. The van der Waals surface area contributed by atoms with Crippen molar-refractivity contribution in [1.82, 2.24) is 0 Å². The summed E-state index contributed by atoms with van der Waals surface area (Å²) in [6, 6.07) is 10.2. The quantitative estimate of drug-likeness (QED) is 0.494. The van der Waals surface area contributed by atoms with Crippen molar-refractivity contribution in [3.8, 4) is 0 Å². The van der Waals surface area contributed by atoms with Crippen molar-refractivity contribution in [2.75, 3.05) is 0 Å². The molecule has 0 saturated carbocycles. The van der Waals surface area contributed by atoms with Crippen molar-refractivity contribution in [2.45, 2.75) is 0 Å². The fraction of sp³-hybridized carbons (Fsp3) is 0. The maximum absolute atomic E-state index is 5.49. The van der Waals surface area contributed by atoms with E-state index in [-0.39, 0.29) is 0 Å². The second-order valence-corrected chi connectivity index (χ2v) is 2.91. The summed E-state index contributed by atoms with van der Waals surface area (Å²) < 4.78 is 0. The third-order valence-electron chi connectivity index (χ3n) is 1.08. The van der Waals surface area contributed by atoms with Gasteiger partial charge in [-0.25, -0.2) is 0 Å². The Bertz CT molecular complexity index is 150. The van der Waals surface area contributed by atoms with Gasteiger partial charge in [-0.1, -0.05) is 35.5 Å². The monoisotopic (exact) mass is 123 g/mol. The molecule has 0 unspecified atom stereocenters. The first-order chi connectivity index (χ1) is 3.93. The minimum absolute atomic E-state index is 0.409. The second kappa shape index (κ2) is 2.64. The van der Waals surface area contributed by atoms with E-state index in [9.17, 15) is 0 Å². The SMILES string of the molecule is N[SiH2]c1ccccc1. The van der Waals surface area contributed by atoms with Gasteiger partial charge in [0.15, 0.2) is 0 Å². The topological polar surface area (TPSA) is 26.0 Å². The molecule has 0 atom stereocenters. The molecule has 0 bridgehead atoms. The minimum Gasteiger partial charge on any atom is -0.352 e. The fourth-order valence-corrected chi connectivity index (χ4v) is 1.16. The molecule has 0 spiro atoms. The number of hydrogen-bond acceptors (Lipinski definition) is 1. The first-order valence-electron chi connectivity index (χ1n) is 2.67. The van der Waals surface area contributed by atoms with Crippen LogP contribution in [0.15, 0.2) is 30.3 Å². The zero-order valence-electron chi connectivity index (χ0n) is 4.67. The lowest BCUT2D eigenvalue weighted by Gasteiger charge is -1.89. The second-order valence-electron chi connectivity index (χ2n) is 1.69. The Morgan fingerprint density at radius 1 is 1.12 bits per heavy atom. The Morgan fingerprint density at radius 3 is 2.12 bits per heavy atom. The van der Waals surface area contributed by atoms with E-state index in [2.05, 4.69) is 12.1 Å². The maximum Gasteiger partial charge on any atom is 0.122 e. The number of rotatable bonds is 1. The van der Waals surface area contributed by atoms with Gasteiger partial charge in [0.2, 0.25) is 0 Å². The van der Waals surface area contributed by atoms with Crippen LogP contribution in [0.5, 0.6) is 0 Å². The molecule has 0 saturated heterocycles. The van der Waals surface area contributed by atoms with Gasteiger partial charge in [-0.05, 0) is 0 Å². The summed E-state index contributed by atoms with van der Waals surface area (Å²) in [4.78, 5) is 0. The van der Waals surface area contributed by atoms with Crippen molar-refractivity contribution in [3.05, 3.63) is 30.3 Å². The summed E-state index contributed by atoms with van der Waals surface area (Å²) in [5.74, 6) is 0. The molecule has 0 fully saturated rings. The van der Waals surface area contributed by atoms with Crippen molar-refractivity contribution < 1.29 is 0 Å². The summed E-state index contributed by atoms with van der Waals surface area (Å²) in [6.07, 6.45) is 0. The molecular weight excluding hydrogens is 114 g/mol. The van der Waals surface area contributed by atoms with Crippen LogP contribution in [0, 0.1) is 0 Å². The number of hydrogen-bond donors (Lipinski definition) is 1. The molecular formula is C6H9NSi. The van der Waals surface area contributed by atoms with Gasteiger partial charge in [0.25, 0.3) is 0 Å². The first kappa shape index (κ1) is 5.53. The van der Waals surface area contributed by atoms with Crippen LogP contribution in [0.25, 0.3) is 0 Å². The average Bonchev–Trinajstić information content (AvgIpc) is 1.90. The molecule has 0 aliphatic rings. The Balaban J connectivity index is 2.83. The Labute approximate surface area is 51.4 Å². The summed E-state index contributed by atoms with van der Waals surface area (Å²) in [5.41, 5.74) is 0. The molecule has 1 rings (SSSR count). The smallest absolute Gasteiger partial charge is 0.122 e. The summed E-state index contributed by atoms with van der Waals surface area (Å²) in [6.45, 7) is 0. The lowest BCUT2D eigenvalue weighted by Crippen LogP contribution is -2.21. The highest BCUT2D eigenvalue weighted by molar-refractivity contribution is 6.49. The zero-order valence-corrected chi connectivity index (χ0v) is 6.09. The molecule has 0 aromatic heterocycles. The van der Waals surface area contributed by atoms with Crippen molar-refractivity contribution in [1.29, 1.82) is 0 Å². The van der Waals surface area contributed by atoms with E-state index in [1.54, 1.807) is 0 Å². The van der Waals surface area contributed by atoms with E-state index < -0.39 is 9.68 Å². The Hall–Kier alpha value is -0.603. The lowest BCUT2D eigenvalue weighted by atomic mass is 10.4. The summed E-state index contributed by atoms with van der Waals surface area (Å²) in [7, 11) is -0.409. The average molecular weight is 123 g/mol. The molecule has 42 valence electrons. The molecule has 8 heavy (non-hydrogen) atoms. The van der Waals surface area contributed by atoms with Gasteiger partial charge in [-0.15, -0.1) is 0 Å². The van der Waals surface area contributed by atoms with Crippen LogP contribution >= 0.6 is 0 Å². The molecule has 0 aliphatic carbocycles. The molecule has 1 aromatic rings. The van der Waals surface area contributed by atoms with Crippen molar-refractivity contribution in [3.63, 3.8) is 0 Å². The Morgan fingerprint density at radius 2 is 1.75 bits per heavy atom. The van der Waals surface area contributed by atoms with Crippen LogP contribution in [0.1, 0.15) is 0 Å². The van der Waals surface area contributed by atoms with Crippen molar-refractivity contribution in [2.24, 2.45) is 5.40 Å². The molecule has 2 heteroatoms. The molecule has 0 radical (unpaired) electrons. The van der Waals surface area contributed by atoms with E-state index >= 15 is 0 Å². The summed E-state index contributed by atoms with van der Waals surface area (Å²) >= 11 is 0. The fourth-order valence-electron chi connectivity index (χ4n) is 0.614. The standard InChI is InChI=1S/C6H9NSi/c7-8-6-4-2-1-3-5-6/h1-5H,7-8H2. The predicted octanol–water partition coefficient (Wildman–Crippen LogP) is -0.646. The van der Waals surface area contributed by atoms with Gasteiger partial charge in [0, 0.05) is 0 Å². The van der Waals surface area contributed by atoms with E-state index in [1.165, 1.54) is 5.19 Å². The minimum atomic E-state index is -0.409. The molecule has 0 heterocycles. The number of nitrogens with two attached hydrogens (primary N) is 1. The lowest BCUT2D eigenvalue weighted by molar-refractivity contribution is 1.75. The Kier molecular flexibility index (Phi) is 1.83. The van der Waals surface area contributed by atoms with Gasteiger partial charge in [-0.3, -0.25) is 0 Å². The summed E-state index contributed by atoms with van der Waals surface area (Å²) in [5, 5.41) is 6.82. The van der Waals surface area contributed by atoms with E-state index in [0.717, 1.165) is 0 Å². The van der Waals surface area contributed by atoms with Crippen LogP contribution < -0.4 is 10.6 Å².